The van der Waals surface area contributed by atoms with Crippen molar-refractivity contribution in [3.8, 4) is 0 Å². The second kappa shape index (κ2) is 5.44. The molecule has 1 aliphatic carbocycles. The zero-order chi connectivity index (χ0) is 13.2. The molecule has 1 atom stereocenters. The number of rotatable bonds is 4. The molecule has 0 N–H and O–H groups in total. The van der Waals surface area contributed by atoms with Crippen molar-refractivity contribution in [1.29, 1.82) is 0 Å². The maximum Gasteiger partial charge on any atom is 0.227 e. The van der Waals surface area contributed by atoms with Gasteiger partial charge in [0.1, 0.15) is 0 Å². The second-order valence-electron chi connectivity index (χ2n) is 5.98. The molecule has 2 rings (SSSR count). The molecule has 0 aliphatic heterocycles. The van der Waals surface area contributed by atoms with Crippen LogP contribution in [0.25, 0.3) is 0 Å². The molecular weight excluding hydrogens is 244 g/mol. The molecule has 18 heavy (non-hydrogen) atoms. The molecular formula is C16H21ClO. The molecule has 1 nitrogen and oxygen atoms in total. The lowest BCUT2D eigenvalue weighted by Crippen LogP contribution is -2.21. The third-order valence-electron chi connectivity index (χ3n) is 4.14. The van der Waals surface area contributed by atoms with Crippen LogP contribution in [0.3, 0.4) is 0 Å². The molecule has 0 radical (unpaired) electrons. The summed E-state index contributed by atoms with van der Waals surface area (Å²) in [5.74, 6) is 0.602. The molecule has 0 saturated heterocycles. The Morgan fingerprint density at radius 1 is 1.39 bits per heavy atom. The Hall–Kier alpha value is -0.820. The number of hydrogen-bond acceptors (Lipinski definition) is 1. The molecule has 2 heteroatoms. The van der Waals surface area contributed by atoms with Gasteiger partial charge in [-0.1, -0.05) is 38.1 Å². The third kappa shape index (κ3) is 2.95. The fourth-order valence-corrected chi connectivity index (χ4v) is 2.88. The zero-order valence-corrected chi connectivity index (χ0v) is 12.0. The van der Waals surface area contributed by atoms with Crippen LogP contribution >= 0.6 is 11.6 Å². The fraction of sp³-hybridized carbons (Fsp3) is 0.562. The number of aryl methyl sites for hydroxylation is 1. The highest BCUT2D eigenvalue weighted by Crippen LogP contribution is 2.38. The molecule has 1 unspecified atom stereocenters. The highest BCUT2D eigenvalue weighted by Gasteiger charge is 2.28. The van der Waals surface area contributed by atoms with Crippen molar-refractivity contribution in [3.05, 3.63) is 35.4 Å². The third-order valence-corrected chi connectivity index (χ3v) is 4.66. The number of carbonyl (C=O) groups excluding carboxylic acids is 1. The minimum Gasteiger partial charge on any atom is -0.281 e. The highest BCUT2D eigenvalue weighted by molar-refractivity contribution is 6.64. The Bertz CT molecular complexity index is 436. The van der Waals surface area contributed by atoms with E-state index in [1.807, 2.05) is 13.8 Å². The van der Waals surface area contributed by atoms with Gasteiger partial charge >= 0.3 is 0 Å². The van der Waals surface area contributed by atoms with E-state index in [1.165, 1.54) is 30.4 Å². The van der Waals surface area contributed by atoms with Gasteiger partial charge in [-0.2, -0.15) is 0 Å². The van der Waals surface area contributed by atoms with E-state index >= 15 is 0 Å². The minimum absolute atomic E-state index is 0.216. The lowest BCUT2D eigenvalue weighted by atomic mass is 9.77. The van der Waals surface area contributed by atoms with Crippen molar-refractivity contribution in [2.24, 2.45) is 5.41 Å². The average Bonchev–Trinajstić information content (AvgIpc) is 2.36. The molecule has 0 heterocycles. The maximum absolute atomic E-state index is 11.3. The Morgan fingerprint density at radius 2 is 2.11 bits per heavy atom. The van der Waals surface area contributed by atoms with Crippen molar-refractivity contribution >= 4 is 16.8 Å². The van der Waals surface area contributed by atoms with Gasteiger partial charge < -0.3 is 0 Å². The summed E-state index contributed by atoms with van der Waals surface area (Å²) in [5, 5.41) is -0.216. The second-order valence-corrected chi connectivity index (χ2v) is 6.33. The normalized spacial score (nSPS) is 19.4. The largest absolute Gasteiger partial charge is 0.281 e. The minimum atomic E-state index is -0.395. The van der Waals surface area contributed by atoms with E-state index < -0.39 is 5.41 Å². The van der Waals surface area contributed by atoms with E-state index in [9.17, 15) is 4.79 Å². The van der Waals surface area contributed by atoms with Crippen LogP contribution in [0, 0.1) is 5.41 Å². The van der Waals surface area contributed by atoms with Gasteiger partial charge in [0.25, 0.3) is 0 Å². The topological polar surface area (TPSA) is 17.1 Å². The van der Waals surface area contributed by atoms with Crippen LogP contribution in [-0.2, 0) is 11.2 Å². The lowest BCUT2D eigenvalue weighted by Gasteiger charge is -2.28. The van der Waals surface area contributed by atoms with E-state index in [4.69, 9.17) is 11.6 Å². The zero-order valence-electron chi connectivity index (χ0n) is 11.2. The Balaban J connectivity index is 2.06. The standard InChI is InChI=1S/C16H21ClO/c1-16(2,15(17)18)11-10-13-8-5-7-12-6-3-4-9-14(12)13/h3-4,6,9,13H,5,7-8,10-11H2,1-2H3. The molecule has 0 amide bonds. The van der Waals surface area contributed by atoms with Crippen molar-refractivity contribution in [3.63, 3.8) is 0 Å². The molecule has 0 fully saturated rings. The first-order valence-corrected chi connectivity index (χ1v) is 7.16. The number of hydrogen-bond donors (Lipinski definition) is 0. The van der Waals surface area contributed by atoms with Gasteiger partial charge in [-0.25, -0.2) is 0 Å². The molecule has 1 aromatic rings. The van der Waals surface area contributed by atoms with E-state index in [0.717, 1.165) is 12.8 Å². The summed E-state index contributed by atoms with van der Waals surface area (Å²) in [6, 6.07) is 8.72. The predicted molar refractivity (Wildman–Crippen MR) is 76.0 cm³/mol. The van der Waals surface area contributed by atoms with Crippen LogP contribution < -0.4 is 0 Å². The summed E-state index contributed by atoms with van der Waals surface area (Å²) in [6.07, 6.45) is 5.63. The smallest absolute Gasteiger partial charge is 0.227 e. The molecule has 98 valence electrons. The van der Waals surface area contributed by atoms with E-state index in [2.05, 4.69) is 24.3 Å². The van der Waals surface area contributed by atoms with Gasteiger partial charge in [0.05, 0.1) is 0 Å². The molecule has 1 aromatic carbocycles. The monoisotopic (exact) mass is 264 g/mol. The molecule has 0 bridgehead atoms. The van der Waals surface area contributed by atoms with E-state index in [1.54, 1.807) is 0 Å². The molecule has 0 spiro atoms. The van der Waals surface area contributed by atoms with Gasteiger partial charge in [-0.05, 0) is 60.7 Å². The van der Waals surface area contributed by atoms with Crippen LogP contribution in [0.15, 0.2) is 24.3 Å². The Labute approximate surface area is 115 Å². The summed E-state index contributed by atoms with van der Waals surface area (Å²) in [6.45, 7) is 3.88. The van der Waals surface area contributed by atoms with Crippen molar-refractivity contribution in [1.82, 2.24) is 0 Å². The summed E-state index contributed by atoms with van der Waals surface area (Å²) < 4.78 is 0. The summed E-state index contributed by atoms with van der Waals surface area (Å²) >= 11 is 5.65. The van der Waals surface area contributed by atoms with Gasteiger partial charge in [0.2, 0.25) is 5.24 Å². The van der Waals surface area contributed by atoms with Gasteiger partial charge in [-0.3, -0.25) is 4.79 Å². The first-order valence-electron chi connectivity index (χ1n) is 6.78. The van der Waals surface area contributed by atoms with Gasteiger partial charge in [0.15, 0.2) is 0 Å². The van der Waals surface area contributed by atoms with Crippen LogP contribution in [0.5, 0.6) is 0 Å². The van der Waals surface area contributed by atoms with Crippen molar-refractivity contribution in [2.45, 2.75) is 51.9 Å². The van der Waals surface area contributed by atoms with E-state index in [-0.39, 0.29) is 5.24 Å². The summed E-state index contributed by atoms with van der Waals surface area (Å²) in [5.41, 5.74) is 2.58. The number of carbonyl (C=O) groups is 1. The quantitative estimate of drug-likeness (QED) is 0.722. The van der Waals surface area contributed by atoms with Gasteiger partial charge in [0, 0.05) is 5.41 Å². The first-order chi connectivity index (χ1) is 8.50. The van der Waals surface area contributed by atoms with Crippen LogP contribution in [0.4, 0.5) is 0 Å². The average molecular weight is 265 g/mol. The Kier molecular flexibility index (Phi) is 4.11. The van der Waals surface area contributed by atoms with Crippen LogP contribution in [-0.4, -0.2) is 5.24 Å². The van der Waals surface area contributed by atoms with Crippen molar-refractivity contribution < 1.29 is 4.79 Å². The summed E-state index contributed by atoms with van der Waals surface area (Å²) in [7, 11) is 0. The van der Waals surface area contributed by atoms with Crippen LogP contribution in [0.2, 0.25) is 0 Å². The summed E-state index contributed by atoms with van der Waals surface area (Å²) in [4.78, 5) is 11.3. The predicted octanol–water partition coefficient (Wildman–Crippen LogP) is 4.68. The van der Waals surface area contributed by atoms with Gasteiger partial charge in [-0.15, -0.1) is 0 Å². The van der Waals surface area contributed by atoms with Crippen molar-refractivity contribution in [2.75, 3.05) is 0 Å². The SMILES string of the molecule is CC(C)(CCC1CCCc2ccccc21)C(=O)Cl. The van der Waals surface area contributed by atoms with Crippen LogP contribution in [0.1, 0.15) is 56.6 Å². The fourth-order valence-electron chi connectivity index (χ4n) is 2.79. The molecule has 0 saturated carbocycles. The number of halogens is 1. The maximum atomic E-state index is 11.3. The molecule has 1 aliphatic rings. The Morgan fingerprint density at radius 3 is 2.83 bits per heavy atom. The lowest BCUT2D eigenvalue weighted by molar-refractivity contribution is -0.119. The van der Waals surface area contributed by atoms with E-state index in [0.29, 0.717) is 5.92 Å². The number of fused-ring (bicyclic) bond motifs is 1. The first kappa shape index (κ1) is 13.6. The molecule has 0 aromatic heterocycles. The number of benzene rings is 1. The highest BCUT2D eigenvalue weighted by atomic mass is 35.5.